The molecule has 0 saturated carbocycles. The predicted octanol–water partition coefficient (Wildman–Crippen LogP) is 3.88. The van der Waals surface area contributed by atoms with Gasteiger partial charge in [-0.25, -0.2) is 0 Å². The maximum absolute atomic E-state index is 11.2. The molecule has 7 heteroatoms. The lowest BCUT2D eigenvalue weighted by atomic mass is 10.3. The van der Waals surface area contributed by atoms with Gasteiger partial charge < -0.3 is 19.5 Å². The maximum Gasteiger partial charge on any atom is 0.141 e. The largest absolute Gasteiger partial charge is 0.530 e. The van der Waals surface area contributed by atoms with Crippen molar-refractivity contribution >= 4 is 46.6 Å². The molecule has 2 aromatic carbocycles. The van der Waals surface area contributed by atoms with E-state index in [0.717, 1.165) is 4.90 Å². The molecule has 0 heterocycles. The van der Waals surface area contributed by atoms with Crippen LogP contribution in [0.4, 0.5) is 10.5 Å². The van der Waals surface area contributed by atoms with Gasteiger partial charge in [-0.05, 0) is 36.4 Å². The van der Waals surface area contributed by atoms with Crippen molar-refractivity contribution in [3.05, 3.63) is 57.5 Å². The standard InChI is InChI=1S/C15H12Cl3NO3/c16-10-2-1-3-12(8-10)19(15(20)21)6-7-22-14-5-4-11(17)9-13(14)18/h1-5,8-9H,6-7H2,(H,20,21)/p-1. The van der Waals surface area contributed by atoms with E-state index in [1.807, 2.05) is 0 Å². The first-order chi connectivity index (χ1) is 10.5. The molecule has 0 radical (unpaired) electrons. The molecule has 116 valence electrons. The summed E-state index contributed by atoms with van der Waals surface area (Å²) in [5, 5.41) is 12.5. The number of hydrogen-bond acceptors (Lipinski definition) is 3. The van der Waals surface area contributed by atoms with E-state index < -0.39 is 6.09 Å². The number of carboxylic acid groups (broad SMARTS) is 1. The summed E-state index contributed by atoms with van der Waals surface area (Å²) < 4.78 is 5.47. The maximum atomic E-state index is 11.2. The van der Waals surface area contributed by atoms with Crippen molar-refractivity contribution in [1.29, 1.82) is 0 Å². The molecular formula is C15H11Cl3NO3-. The van der Waals surface area contributed by atoms with Crippen molar-refractivity contribution in [3.63, 3.8) is 0 Å². The van der Waals surface area contributed by atoms with Gasteiger partial charge in [0.15, 0.2) is 0 Å². The van der Waals surface area contributed by atoms with E-state index in [9.17, 15) is 9.90 Å². The van der Waals surface area contributed by atoms with E-state index in [4.69, 9.17) is 39.5 Å². The average molecular weight is 360 g/mol. The molecule has 0 aliphatic rings. The summed E-state index contributed by atoms with van der Waals surface area (Å²) in [7, 11) is 0. The third-order valence-corrected chi connectivity index (χ3v) is 3.57. The lowest BCUT2D eigenvalue weighted by Gasteiger charge is -2.25. The smallest absolute Gasteiger partial charge is 0.141 e. The molecular weight excluding hydrogens is 349 g/mol. The number of amides is 1. The van der Waals surface area contributed by atoms with Crippen LogP contribution in [0.5, 0.6) is 5.75 Å². The summed E-state index contributed by atoms with van der Waals surface area (Å²) in [6, 6.07) is 11.3. The van der Waals surface area contributed by atoms with Crippen molar-refractivity contribution in [3.8, 4) is 5.75 Å². The number of rotatable bonds is 5. The second-order valence-corrected chi connectivity index (χ2v) is 5.60. The minimum atomic E-state index is -1.34. The molecule has 0 aliphatic carbocycles. The topological polar surface area (TPSA) is 52.6 Å². The zero-order valence-electron chi connectivity index (χ0n) is 11.3. The Morgan fingerprint density at radius 2 is 1.82 bits per heavy atom. The minimum Gasteiger partial charge on any atom is -0.530 e. The number of hydrogen-bond donors (Lipinski definition) is 0. The quantitative estimate of drug-likeness (QED) is 0.814. The number of nitrogens with zero attached hydrogens (tertiary/aromatic N) is 1. The van der Waals surface area contributed by atoms with Gasteiger partial charge in [-0.3, -0.25) is 0 Å². The van der Waals surface area contributed by atoms with Crippen molar-refractivity contribution in [2.75, 3.05) is 18.1 Å². The molecule has 4 nitrogen and oxygen atoms in total. The first-order valence-corrected chi connectivity index (χ1v) is 7.42. The van der Waals surface area contributed by atoms with Crippen LogP contribution in [-0.4, -0.2) is 19.2 Å². The van der Waals surface area contributed by atoms with E-state index in [1.165, 1.54) is 6.07 Å². The molecule has 0 atom stereocenters. The fourth-order valence-electron chi connectivity index (χ4n) is 1.81. The Morgan fingerprint density at radius 3 is 2.45 bits per heavy atom. The molecule has 0 N–H and O–H groups in total. The van der Waals surface area contributed by atoms with Crippen molar-refractivity contribution < 1.29 is 14.6 Å². The van der Waals surface area contributed by atoms with E-state index in [0.29, 0.717) is 26.5 Å². The highest BCUT2D eigenvalue weighted by Crippen LogP contribution is 2.27. The molecule has 2 aromatic rings. The molecule has 0 bridgehead atoms. The molecule has 0 fully saturated rings. The average Bonchev–Trinajstić information content (AvgIpc) is 2.45. The van der Waals surface area contributed by atoms with Crippen molar-refractivity contribution in [1.82, 2.24) is 0 Å². The highest BCUT2D eigenvalue weighted by atomic mass is 35.5. The first kappa shape index (κ1) is 16.7. The summed E-state index contributed by atoms with van der Waals surface area (Å²) in [5.74, 6) is 0.426. The van der Waals surface area contributed by atoms with Gasteiger partial charge in [0.1, 0.15) is 18.4 Å². The van der Waals surface area contributed by atoms with E-state index in [-0.39, 0.29) is 13.2 Å². The predicted molar refractivity (Wildman–Crippen MR) is 86.2 cm³/mol. The van der Waals surface area contributed by atoms with Crippen LogP contribution in [-0.2, 0) is 0 Å². The van der Waals surface area contributed by atoms with Crippen molar-refractivity contribution in [2.45, 2.75) is 0 Å². The second-order valence-electron chi connectivity index (χ2n) is 4.32. The molecule has 0 spiro atoms. The lowest BCUT2D eigenvalue weighted by Crippen LogP contribution is -2.43. The van der Waals surface area contributed by atoms with Gasteiger partial charge in [-0.2, -0.15) is 0 Å². The number of halogens is 3. The third-order valence-electron chi connectivity index (χ3n) is 2.81. The lowest BCUT2D eigenvalue weighted by molar-refractivity contribution is -0.246. The zero-order valence-corrected chi connectivity index (χ0v) is 13.5. The monoisotopic (exact) mass is 358 g/mol. The van der Waals surface area contributed by atoms with Crippen LogP contribution in [0.2, 0.25) is 15.1 Å². The van der Waals surface area contributed by atoms with Crippen LogP contribution < -0.4 is 14.7 Å². The minimum absolute atomic E-state index is 0.0711. The Kier molecular flexibility index (Phi) is 5.77. The van der Waals surface area contributed by atoms with Gasteiger partial charge in [0.25, 0.3) is 0 Å². The Hall–Kier alpha value is -1.62. The van der Waals surface area contributed by atoms with Crippen LogP contribution in [0.15, 0.2) is 42.5 Å². The van der Waals surface area contributed by atoms with Gasteiger partial charge in [-0.15, -0.1) is 0 Å². The Morgan fingerprint density at radius 1 is 1.09 bits per heavy atom. The third kappa shape index (κ3) is 4.44. The van der Waals surface area contributed by atoms with Gasteiger partial charge in [0, 0.05) is 15.7 Å². The summed E-state index contributed by atoms with van der Waals surface area (Å²) in [5.41, 5.74) is 0.415. The van der Waals surface area contributed by atoms with E-state index in [1.54, 1.807) is 36.4 Å². The Labute approximate surface area is 142 Å². The highest BCUT2D eigenvalue weighted by Gasteiger charge is 2.09. The van der Waals surface area contributed by atoms with Crippen LogP contribution in [0, 0.1) is 0 Å². The normalized spacial score (nSPS) is 10.3. The molecule has 0 unspecified atom stereocenters. The van der Waals surface area contributed by atoms with Gasteiger partial charge in [0.2, 0.25) is 0 Å². The number of benzene rings is 2. The van der Waals surface area contributed by atoms with Gasteiger partial charge in [0.05, 0.1) is 11.6 Å². The Balaban J connectivity index is 2.02. The fourth-order valence-corrected chi connectivity index (χ4v) is 2.46. The van der Waals surface area contributed by atoms with Gasteiger partial charge >= 0.3 is 0 Å². The van der Waals surface area contributed by atoms with Crippen LogP contribution >= 0.6 is 34.8 Å². The summed E-state index contributed by atoms with van der Waals surface area (Å²) in [6.45, 7) is 0.170. The molecule has 0 aliphatic heterocycles. The number of carbonyl (C=O) groups is 1. The Bertz CT molecular complexity index is 679. The van der Waals surface area contributed by atoms with E-state index in [2.05, 4.69) is 0 Å². The summed E-state index contributed by atoms with van der Waals surface area (Å²) in [4.78, 5) is 12.3. The first-order valence-electron chi connectivity index (χ1n) is 6.29. The number of anilines is 1. The highest BCUT2D eigenvalue weighted by molar-refractivity contribution is 6.35. The van der Waals surface area contributed by atoms with Crippen LogP contribution in [0.1, 0.15) is 0 Å². The van der Waals surface area contributed by atoms with Gasteiger partial charge in [-0.1, -0.05) is 40.9 Å². The number of carbonyl (C=O) groups excluding carboxylic acids is 1. The van der Waals surface area contributed by atoms with Crippen LogP contribution in [0.3, 0.4) is 0 Å². The summed E-state index contributed by atoms with van der Waals surface area (Å²) >= 11 is 17.6. The molecule has 1 amide bonds. The zero-order chi connectivity index (χ0) is 16.1. The molecule has 2 rings (SSSR count). The van der Waals surface area contributed by atoms with Crippen LogP contribution in [0.25, 0.3) is 0 Å². The second kappa shape index (κ2) is 7.58. The fraction of sp³-hybridized carbons (Fsp3) is 0.133. The SMILES string of the molecule is O=C([O-])N(CCOc1ccc(Cl)cc1Cl)c1cccc(Cl)c1. The summed E-state index contributed by atoms with van der Waals surface area (Å²) in [6.07, 6.45) is -1.34. The van der Waals surface area contributed by atoms with Crippen molar-refractivity contribution in [2.24, 2.45) is 0 Å². The molecule has 0 aromatic heterocycles. The number of ether oxygens (including phenoxy) is 1. The molecule has 0 saturated heterocycles. The van der Waals surface area contributed by atoms with E-state index >= 15 is 0 Å². The molecule has 22 heavy (non-hydrogen) atoms.